The summed E-state index contributed by atoms with van der Waals surface area (Å²) in [7, 11) is -3.44. The highest BCUT2D eigenvalue weighted by Crippen LogP contribution is 2.32. The van der Waals surface area contributed by atoms with E-state index in [1.54, 1.807) is 24.3 Å². The molecule has 0 aliphatic heterocycles. The van der Waals surface area contributed by atoms with E-state index in [1.165, 1.54) is 16.9 Å². The van der Waals surface area contributed by atoms with Crippen LogP contribution < -0.4 is 0 Å². The summed E-state index contributed by atoms with van der Waals surface area (Å²) in [6, 6.07) is 18.8. The van der Waals surface area contributed by atoms with E-state index in [-0.39, 0.29) is 5.75 Å². The SMILES string of the molecule is Cc1ccc(-c2ccc(S(=O)(=O)Cc3cccc(-c4nn[nH]n4)c3)s2)cc1. The molecule has 0 aliphatic rings. The Morgan fingerprint density at radius 2 is 1.81 bits per heavy atom. The molecule has 4 aromatic rings. The van der Waals surface area contributed by atoms with Gasteiger partial charge in [-0.3, -0.25) is 0 Å². The van der Waals surface area contributed by atoms with Gasteiger partial charge < -0.3 is 0 Å². The van der Waals surface area contributed by atoms with Crippen molar-refractivity contribution in [1.29, 1.82) is 0 Å². The fraction of sp³-hybridized carbons (Fsp3) is 0.105. The Morgan fingerprint density at radius 3 is 2.56 bits per heavy atom. The summed E-state index contributed by atoms with van der Waals surface area (Å²) in [5.74, 6) is 0.360. The summed E-state index contributed by atoms with van der Waals surface area (Å²) in [6.45, 7) is 2.02. The molecule has 0 amide bonds. The Labute approximate surface area is 160 Å². The minimum atomic E-state index is -3.44. The highest BCUT2D eigenvalue weighted by atomic mass is 32.2. The molecule has 0 saturated carbocycles. The van der Waals surface area contributed by atoms with Crippen LogP contribution in [0.2, 0.25) is 0 Å². The van der Waals surface area contributed by atoms with Crippen LogP contribution >= 0.6 is 11.3 Å². The summed E-state index contributed by atoms with van der Waals surface area (Å²) in [4.78, 5) is 0.939. The van der Waals surface area contributed by atoms with Crippen LogP contribution in [0.15, 0.2) is 64.9 Å². The third-order valence-electron chi connectivity index (χ3n) is 4.11. The van der Waals surface area contributed by atoms with Gasteiger partial charge in [-0.25, -0.2) is 8.42 Å². The van der Waals surface area contributed by atoms with Gasteiger partial charge in [0.25, 0.3) is 0 Å². The zero-order chi connectivity index (χ0) is 18.9. The van der Waals surface area contributed by atoms with E-state index in [0.29, 0.717) is 15.6 Å². The molecule has 0 spiro atoms. The first-order valence-corrected chi connectivity index (χ1v) is 10.7. The average Bonchev–Trinajstić information content (AvgIpc) is 3.35. The maximum atomic E-state index is 12.9. The Hall–Kier alpha value is -2.84. The van der Waals surface area contributed by atoms with Gasteiger partial charge >= 0.3 is 0 Å². The maximum absolute atomic E-state index is 12.9. The van der Waals surface area contributed by atoms with E-state index in [2.05, 4.69) is 20.6 Å². The van der Waals surface area contributed by atoms with Crippen LogP contribution in [0.5, 0.6) is 0 Å². The van der Waals surface area contributed by atoms with E-state index in [0.717, 1.165) is 16.0 Å². The van der Waals surface area contributed by atoms with Crippen molar-refractivity contribution in [2.45, 2.75) is 16.9 Å². The number of tetrazole rings is 1. The first-order valence-electron chi connectivity index (χ1n) is 8.24. The van der Waals surface area contributed by atoms with E-state index in [1.807, 2.05) is 43.3 Å². The smallest absolute Gasteiger partial charge is 0.204 e. The lowest BCUT2D eigenvalue weighted by Gasteiger charge is -2.04. The molecule has 136 valence electrons. The number of rotatable bonds is 5. The Morgan fingerprint density at radius 1 is 1.00 bits per heavy atom. The standard InChI is InChI=1S/C19H16N4O2S2/c1-13-5-7-15(8-6-13)17-9-10-18(26-17)27(24,25)12-14-3-2-4-16(11-14)19-20-22-23-21-19/h2-11H,12H2,1H3,(H,20,21,22,23). The lowest BCUT2D eigenvalue weighted by molar-refractivity contribution is 0.597. The number of nitrogens with zero attached hydrogens (tertiary/aromatic N) is 3. The molecule has 0 radical (unpaired) electrons. The van der Waals surface area contributed by atoms with Gasteiger partial charge in [0.2, 0.25) is 5.82 Å². The van der Waals surface area contributed by atoms with Crippen LogP contribution in [0.25, 0.3) is 21.8 Å². The molecule has 0 saturated heterocycles. The fourth-order valence-corrected chi connectivity index (χ4v) is 5.47. The summed E-state index contributed by atoms with van der Waals surface area (Å²) in [6.07, 6.45) is 0. The predicted molar refractivity (Wildman–Crippen MR) is 105 cm³/mol. The van der Waals surface area contributed by atoms with Crippen molar-refractivity contribution in [3.05, 3.63) is 71.8 Å². The number of H-pyrrole nitrogens is 1. The van der Waals surface area contributed by atoms with Crippen molar-refractivity contribution >= 4 is 21.2 Å². The molecule has 0 aliphatic carbocycles. The first kappa shape index (κ1) is 17.6. The van der Waals surface area contributed by atoms with Gasteiger partial charge in [0.05, 0.1) is 5.75 Å². The van der Waals surface area contributed by atoms with Crippen LogP contribution in [-0.2, 0) is 15.6 Å². The van der Waals surface area contributed by atoms with E-state index < -0.39 is 9.84 Å². The number of thiophene rings is 1. The van der Waals surface area contributed by atoms with Crippen molar-refractivity contribution < 1.29 is 8.42 Å². The molecule has 2 heterocycles. The molecular formula is C19H16N4O2S2. The Kier molecular flexibility index (Phi) is 4.59. The third-order valence-corrected chi connectivity index (χ3v) is 7.51. The topological polar surface area (TPSA) is 88.6 Å². The zero-order valence-corrected chi connectivity index (χ0v) is 16.1. The molecule has 4 rings (SSSR count). The number of aryl methyl sites for hydroxylation is 1. The minimum absolute atomic E-state index is 0.0768. The Bertz CT molecular complexity index is 1160. The monoisotopic (exact) mass is 396 g/mol. The normalized spacial score (nSPS) is 11.6. The number of nitrogens with one attached hydrogen (secondary N) is 1. The molecule has 27 heavy (non-hydrogen) atoms. The van der Waals surface area contributed by atoms with Crippen molar-refractivity contribution in [3.63, 3.8) is 0 Å². The Balaban J connectivity index is 1.59. The largest absolute Gasteiger partial charge is 0.223 e. The molecule has 2 aromatic heterocycles. The predicted octanol–water partition coefficient (Wildman–Crippen LogP) is 3.88. The van der Waals surface area contributed by atoms with Crippen molar-refractivity contribution in [2.75, 3.05) is 0 Å². The molecule has 0 fully saturated rings. The van der Waals surface area contributed by atoms with Gasteiger partial charge in [0, 0.05) is 10.4 Å². The molecule has 0 bridgehead atoms. The first-order chi connectivity index (χ1) is 13.0. The van der Waals surface area contributed by atoms with Crippen LogP contribution in [0.4, 0.5) is 0 Å². The van der Waals surface area contributed by atoms with Crippen molar-refractivity contribution in [3.8, 4) is 21.8 Å². The second-order valence-electron chi connectivity index (χ2n) is 6.18. The van der Waals surface area contributed by atoms with Gasteiger partial charge in [0.15, 0.2) is 9.84 Å². The van der Waals surface area contributed by atoms with Crippen LogP contribution in [-0.4, -0.2) is 29.0 Å². The highest BCUT2D eigenvalue weighted by molar-refractivity contribution is 7.92. The summed E-state index contributed by atoms with van der Waals surface area (Å²) in [5.41, 5.74) is 3.60. The lowest BCUT2D eigenvalue weighted by atomic mass is 10.1. The van der Waals surface area contributed by atoms with E-state index in [9.17, 15) is 8.42 Å². The second-order valence-corrected chi connectivity index (χ2v) is 9.48. The maximum Gasteiger partial charge on any atom is 0.204 e. The van der Waals surface area contributed by atoms with E-state index >= 15 is 0 Å². The van der Waals surface area contributed by atoms with E-state index in [4.69, 9.17) is 0 Å². The summed E-state index contributed by atoms with van der Waals surface area (Å²) < 4.78 is 26.1. The molecule has 8 heteroatoms. The van der Waals surface area contributed by atoms with Gasteiger partial charge in [-0.15, -0.1) is 21.5 Å². The van der Waals surface area contributed by atoms with Crippen molar-refractivity contribution in [1.82, 2.24) is 20.6 Å². The number of hydrogen-bond donors (Lipinski definition) is 1. The second kappa shape index (κ2) is 7.05. The molecule has 2 aromatic carbocycles. The highest BCUT2D eigenvalue weighted by Gasteiger charge is 2.19. The molecule has 0 atom stereocenters. The van der Waals surface area contributed by atoms with Gasteiger partial charge in [-0.1, -0.05) is 48.0 Å². The van der Waals surface area contributed by atoms with Gasteiger partial charge in [0.1, 0.15) is 4.21 Å². The average molecular weight is 396 g/mol. The molecule has 1 N–H and O–H groups in total. The minimum Gasteiger partial charge on any atom is -0.223 e. The van der Waals surface area contributed by atoms with Crippen molar-refractivity contribution in [2.24, 2.45) is 0 Å². The number of aromatic nitrogens is 4. The van der Waals surface area contributed by atoms with Crippen LogP contribution in [0.3, 0.4) is 0 Å². The number of benzene rings is 2. The third kappa shape index (κ3) is 3.81. The molecule has 0 unspecified atom stereocenters. The number of hydrogen-bond acceptors (Lipinski definition) is 6. The molecular weight excluding hydrogens is 380 g/mol. The molecule has 6 nitrogen and oxygen atoms in total. The summed E-state index contributed by atoms with van der Waals surface area (Å²) in [5, 5.41) is 13.8. The van der Waals surface area contributed by atoms with Gasteiger partial charge in [-0.2, -0.15) is 5.21 Å². The fourth-order valence-electron chi connectivity index (χ4n) is 2.74. The number of sulfone groups is 1. The zero-order valence-electron chi connectivity index (χ0n) is 14.5. The lowest BCUT2D eigenvalue weighted by Crippen LogP contribution is -2.03. The quantitative estimate of drug-likeness (QED) is 0.553. The number of aromatic amines is 1. The van der Waals surface area contributed by atoms with Gasteiger partial charge in [-0.05, 0) is 41.5 Å². The van der Waals surface area contributed by atoms with Crippen LogP contribution in [0, 0.1) is 6.92 Å². The van der Waals surface area contributed by atoms with Crippen LogP contribution in [0.1, 0.15) is 11.1 Å². The summed E-state index contributed by atoms with van der Waals surface area (Å²) >= 11 is 1.29.